The lowest BCUT2D eigenvalue weighted by molar-refractivity contribution is 0.0677. The van der Waals surface area contributed by atoms with Gasteiger partial charge in [-0.05, 0) is 37.0 Å². The molecule has 0 aromatic carbocycles. The van der Waals surface area contributed by atoms with Crippen molar-refractivity contribution in [3.63, 3.8) is 0 Å². The highest BCUT2D eigenvalue weighted by Crippen LogP contribution is 2.20. The number of hydrogen-bond donors (Lipinski definition) is 0. The van der Waals surface area contributed by atoms with Crippen molar-refractivity contribution in [2.24, 2.45) is 5.92 Å². The molecule has 0 radical (unpaired) electrons. The Morgan fingerprint density at radius 2 is 1.74 bits per heavy atom. The van der Waals surface area contributed by atoms with Crippen LogP contribution in [0.25, 0.3) is 0 Å². The van der Waals surface area contributed by atoms with Gasteiger partial charge in [0.25, 0.3) is 5.91 Å². The maximum absolute atomic E-state index is 12.7. The van der Waals surface area contributed by atoms with E-state index in [1.807, 2.05) is 29.3 Å². The number of piperazine rings is 1. The highest BCUT2D eigenvalue weighted by atomic mass is 16.2. The lowest BCUT2D eigenvalue weighted by atomic mass is 10.00. The van der Waals surface area contributed by atoms with Gasteiger partial charge < -0.3 is 14.7 Å². The van der Waals surface area contributed by atoms with Gasteiger partial charge in [0, 0.05) is 51.7 Å². The van der Waals surface area contributed by atoms with Gasteiger partial charge in [0.2, 0.25) is 5.95 Å². The summed E-state index contributed by atoms with van der Waals surface area (Å²) < 4.78 is 0. The monoisotopic (exact) mass is 366 g/mol. The second-order valence-corrected chi connectivity index (χ2v) is 7.42. The van der Waals surface area contributed by atoms with Crippen LogP contribution in [0, 0.1) is 5.92 Å². The maximum atomic E-state index is 12.7. The molecule has 7 heteroatoms. The zero-order valence-corrected chi connectivity index (χ0v) is 15.8. The fourth-order valence-electron chi connectivity index (χ4n) is 3.85. The molecule has 0 saturated carbocycles. The number of piperidine rings is 1. The zero-order chi connectivity index (χ0) is 18.6. The van der Waals surface area contributed by atoms with Crippen LogP contribution in [0.4, 0.5) is 11.6 Å². The van der Waals surface area contributed by atoms with E-state index in [9.17, 15) is 4.79 Å². The molecule has 2 aliphatic rings. The van der Waals surface area contributed by atoms with Gasteiger partial charge in [0.05, 0.1) is 11.9 Å². The SMILES string of the molecule is CC1CCCN(C(=O)c2ccc(N3CCN(c4ncccn4)CC3)cn2)C1. The van der Waals surface area contributed by atoms with E-state index in [1.54, 1.807) is 12.4 Å². The summed E-state index contributed by atoms with van der Waals surface area (Å²) >= 11 is 0. The van der Waals surface area contributed by atoms with Crippen LogP contribution in [0.3, 0.4) is 0 Å². The summed E-state index contributed by atoms with van der Waals surface area (Å²) in [5.74, 6) is 1.41. The Labute approximate surface area is 160 Å². The van der Waals surface area contributed by atoms with E-state index in [0.29, 0.717) is 11.6 Å². The lowest BCUT2D eigenvalue weighted by Gasteiger charge is -2.36. The van der Waals surface area contributed by atoms with E-state index < -0.39 is 0 Å². The van der Waals surface area contributed by atoms with Gasteiger partial charge in [-0.2, -0.15) is 0 Å². The zero-order valence-electron chi connectivity index (χ0n) is 15.8. The number of carbonyl (C=O) groups excluding carboxylic acids is 1. The first-order valence-corrected chi connectivity index (χ1v) is 9.73. The van der Waals surface area contributed by atoms with Crippen molar-refractivity contribution in [3.8, 4) is 0 Å². The molecule has 0 N–H and O–H groups in total. The third-order valence-electron chi connectivity index (χ3n) is 5.39. The molecule has 0 spiro atoms. The van der Waals surface area contributed by atoms with Gasteiger partial charge in [-0.25, -0.2) is 15.0 Å². The summed E-state index contributed by atoms with van der Waals surface area (Å²) in [6.45, 7) is 7.40. The molecule has 1 amide bonds. The predicted octanol–water partition coefficient (Wildman–Crippen LogP) is 2.07. The molecule has 27 heavy (non-hydrogen) atoms. The summed E-state index contributed by atoms with van der Waals surface area (Å²) in [7, 11) is 0. The second kappa shape index (κ2) is 7.90. The predicted molar refractivity (Wildman–Crippen MR) is 105 cm³/mol. The molecule has 2 fully saturated rings. The molecule has 7 nitrogen and oxygen atoms in total. The molecule has 142 valence electrons. The molecule has 2 saturated heterocycles. The number of likely N-dealkylation sites (tertiary alicyclic amines) is 1. The summed E-state index contributed by atoms with van der Waals surface area (Å²) in [5, 5.41) is 0. The molecule has 2 aromatic rings. The van der Waals surface area contributed by atoms with Crippen molar-refractivity contribution in [1.29, 1.82) is 0 Å². The molecule has 1 unspecified atom stereocenters. The molecule has 0 bridgehead atoms. The van der Waals surface area contributed by atoms with Gasteiger partial charge in [-0.15, -0.1) is 0 Å². The second-order valence-electron chi connectivity index (χ2n) is 7.42. The van der Waals surface area contributed by atoms with E-state index >= 15 is 0 Å². The van der Waals surface area contributed by atoms with Crippen molar-refractivity contribution >= 4 is 17.5 Å². The highest BCUT2D eigenvalue weighted by Gasteiger charge is 2.24. The third-order valence-corrected chi connectivity index (χ3v) is 5.39. The van der Waals surface area contributed by atoms with Crippen LogP contribution in [-0.4, -0.2) is 65.0 Å². The number of anilines is 2. The first-order chi connectivity index (χ1) is 13.2. The number of nitrogens with zero attached hydrogens (tertiary/aromatic N) is 6. The first-order valence-electron chi connectivity index (χ1n) is 9.73. The first kappa shape index (κ1) is 17.7. The Kier molecular flexibility index (Phi) is 5.18. The number of hydrogen-bond acceptors (Lipinski definition) is 6. The van der Waals surface area contributed by atoms with Crippen LogP contribution in [0.1, 0.15) is 30.3 Å². The minimum absolute atomic E-state index is 0.0548. The van der Waals surface area contributed by atoms with Crippen LogP contribution in [0.2, 0.25) is 0 Å². The molecular weight excluding hydrogens is 340 g/mol. The van der Waals surface area contributed by atoms with Crippen LogP contribution >= 0.6 is 0 Å². The summed E-state index contributed by atoms with van der Waals surface area (Å²) in [6, 6.07) is 5.71. The van der Waals surface area contributed by atoms with Crippen LogP contribution in [0.5, 0.6) is 0 Å². The lowest BCUT2D eigenvalue weighted by Crippen LogP contribution is -2.47. The normalized spacial score (nSPS) is 20.6. The average Bonchev–Trinajstić information content (AvgIpc) is 2.74. The van der Waals surface area contributed by atoms with E-state index in [-0.39, 0.29) is 5.91 Å². The number of amides is 1. The largest absolute Gasteiger partial charge is 0.367 e. The fraction of sp³-hybridized carbons (Fsp3) is 0.500. The number of rotatable bonds is 3. The maximum Gasteiger partial charge on any atom is 0.272 e. The standard InChI is InChI=1S/C20H26N6O/c1-16-4-2-9-26(15-16)19(27)18-6-5-17(14-23-18)24-10-12-25(13-11-24)20-21-7-3-8-22-20/h3,5-8,14,16H,2,4,9-13,15H2,1H3. The number of pyridine rings is 1. The third kappa shape index (κ3) is 4.02. The summed E-state index contributed by atoms with van der Waals surface area (Å²) in [5.41, 5.74) is 1.61. The van der Waals surface area contributed by atoms with E-state index in [2.05, 4.69) is 31.7 Å². The molecule has 0 aliphatic carbocycles. The molecule has 4 heterocycles. The van der Waals surface area contributed by atoms with E-state index in [4.69, 9.17) is 0 Å². The van der Waals surface area contributed by atoms with Gasteiger partial charge in [0.15, 0.2) is 0 Å². The van der Waals surface area contributed by atoms with Crippen LogP contribution < -0.4 is 9.80 Å². The quantitative estimate of drug-likeness (QED) is 0.829. The summed E-state index contributed by atoms with van der Waals surface area (Å²) in [4.78, 5) is 32.2. The van der Waals surface area contributed by atoms with E-state index in [1.165, 1.54) is 6.42 Å². The molecule has 1 atom stereocenters. The Bertz CT molecular complexity index is 758. The molecule has 2 aliphatic heterocycles. The summed E-state index contributed by atoms with van der Waals surface area (Å²) in [6.07, 6.45) is 7.67. The van der Waals surface area contributed by atoms with E-state index in [0.717, 1.165) is 57.3 Å². The van der Waals surface area contributed by atoms with Crippen molar-refractivity contribution in [3.05, 3.63) is 42.5 Å². The smallest absolute Gasteiger partial charge is 0.272 e. The van der Waals surface area contributed by atoms with Crippen molar-refractivity contribution in [1.82, 2.24) is 19.9 Å². The minimum Gasteiger partial charge on any atom is -0.367 e. The van der Waals surface area contributed by atoms with Crippen molar-refractivity contribution in [2.45, 2.75) is 19.8 Å². The van der Waals surface area contributed by atoms with Gasteiger partial charge >= 0.3 is 0 Å². The molecular formula is C20H26N6O. The molecule has 4 rings (SSSR count). The Balaban J connectivity index is 1.36. The van der Waals surface area contributed by atoms with Crippen molar-refractivity contribution < 1.29 is 4.79 Å². The van der Waals surface area contributed by atoms with Crippen molar-refractivity contribution in [2.75, 3.05) is 49.1 Å². The Hall–Kier alpha value is -2.70. The Morgan fingerprint density at radius 1 is 1.00 bits per heavy atom. The van der Waals surface area contributed by atoms with Crippen LogP contribution in [0.15, 0.2) is 36.8 Å². The van der Waals surface area contributed by atoms with Crippen LogP contribution in [-0.2, 0) is 0 Å². The van der Waals surface area contributed by atoms with Gasteiger partial charge in [0.1, 0.15) is 5.69 Å². The minimum atomic E-state index is 0.0548. The Morgan fingerprint density at radius 3 is 2.41 bits per heavy atom. The average molecular weight is 366 g/mol. The highest BCUT2D eigenvalue weighted by molar-refractivity contribution is 5.92. The number of aromatic nitrogens is 3. The van der Waals surface area contributed by atoms with Gasteiger partial charge in [-0.3, -0.25) is 4.79 Å². The molecule has 2 aromatic heterocycles. The number of carbonyl (C=O) groups is 1. The topological polar surface area (TPSA) is 65.5 Å². The van der Waals surface area contributed by atoms with Gasteiger partial charge in [-0.1, -0.05) is 6.92 Å². The fourth-order valence-corrected chi connectivity index (χ4v) is 3.85.